The number of nitrogens with zero attached hydrogens (tertiary/aromatic N) is 4. The van der Waals surface area contributed by atoms with E-state index in [-0.39, 0.29) is 16.9 Å². The summed E-state index contributed by atoms with van der Waals surface area (Å²) in [4.78, 5) is 29.6. The van der Waals surface area contributed by atoms with Crippen LogP contribution in [0.15, 0.2) is 118 Å². The van der Waals surface area contributed by atoms with Crippen molar-refractivity contribution in [3.05, 3.63) is 136 Å². The van der Waals surface area contributed by atoms with Crippen molar-refractivity contribution in [1.29, 1.82) is 0 Å². The van der Waals surface area contributed by atoms with E-state index < -0.39 is 5.97 Å². The van der Waals surface area contributed by atoms with Gasteiger partial charge in [0.1, 0.15) is 11.5 Å². The summed E-state index contributed by atoms with van der Waals surface area (Å²) in [6.45, 7) is 1.72. The van der Waals surface area contributed by atoms with Gasteiger partial charge < -0.3 is 10.2 Å². The molecule has 40 heavy (non-hydrogen) atoms. The first-order chi connectivity index (χ1) is 19.4. The number of aliphatic hydroxyl groups excluding tert-OH is 1. The van der Waals surface area contributed by atoms with Gasteiger partial charge >= 0.3 is 5.97 Å². The van der Waals surface area contributed by atoms with Crippen LogP contribution in [0, 0.1) is 0 Å². The van der Waals surface area contributed by atoms with Gasteiger partial charge in [-0.3, -0.25) is 9.36 Å². The van der Waals surface area contributed by atoms with Crippen molar-refractivity contribution in [2.24, 2.45) is 10.2 Å². The predicted molar refractivity (Wildman–Crippen MR) is 156 cm³/mol. The van der Waals surface area contributed by atoms with Gasteiger partial charge in [-0.2, -0.15) is 5.10 Å². The SMILES string of the molecule is CC(/C=C(\O)c1ccccc1)=N\N=C1\c2cc(-c3ccc(C(=O)O)cc3)ccc2-n2c1nc1ccccc1c2=O. The second-order valence-electron chi connectivity index (χ2n) is 9.29. The number of carbonyl (C=O) groups is 1. The predicted octanol–water partition coefficient (Wildman–Crippen LogP) is 5.88. The van der Waals surface area contributed by atoms with Crippen molar-refractivity contribution in [1.82, 2.24) is 9.55 Å². The molecule has 0 spiro atoms. The third-order valence-electron chi connectivity index (χ3n) is 6.67. The quantitative estimate of drug-likeness (QED) is 0.165. The number of carboxylic acids is 1. The van der Waals surface area contributed by atoms with E-state index in [1.54, 1.807) is 61.5 Å². The Labute approximate surface area is 228 Å². The zero-order chi connectivity index (χ0) is 27.8. The van der Waals surface area contributed by atoms with Gasteiger partial charge in [-0.25, -0.2) is 9.78 Å². The molecule has 5 aromatic rings. The number of hydrogen-bond acceptors (Lipinski definition) is 6. The van der Waals surface area contributed by atoms with Gasteiger partial charge in [-0.05, 0) is 54.4 Å². The summed E-state index contributed by atoms with van der Waals surface area (Å²) in [5, 5.41) is 29.1. The molecule has 4 aromatic carbocycles. The molecule has 0 amide bonds. The fourth-order valence-corrected chi connectivity index (χ4v) is 4.69. The Balaban J connectivity index is 1.50. The van der Waals surface area contributed by atoms with Crippen LogP contribution in [0.5, 0.6) is 0 Å². The number of benzene rings is 4. The molecule has 1 aromatic heterocycles. The smallest absolute Gasteiger partial charge is 0.335 e. The Morgan fingerprint density at radius 3 is 2.30 bits per heavy atom. The second kappa shape index (κ2) is 9.92. The Kier molecular flexibility index (Phi) is 6.12. The number of rotatable bonds is 5. The molecule has 0 saturated carbocycles. The van der Waals surface area contributed by atoms with Crippen molar-refractivity contribution in [3.63, 3.8) is 0 Å². The third kappa shape index (κ3) is 4.37. The molecule has 6 rings (SSSR count). The minimum atomic E-state index is -0.997. The number of aromatic nitrogens is 2. The largest absolute Gasteiger partial charge is 0.507 e. The van der Waals surface area contributed by atoms with Crippen LogP contribution in [-0.4, -0.2) is 37.2 Å². The molecular formula is C32H22N4O4. The number of carboxylic acid groups (broad SMARTS) is 1. The van der Waals surface area contributed by atoms with Crippen LogP contribution < -0.4 is 5.56 Å². The van der Waals surface area contributed by atoms with Crippen LogP contribution in [0.2, 0.25) is 0 Å². The highest BCUT2D eigenvalue weighted by Crippen LogP contribution is 2.32. The second-order valence-corrected chi connectivity index (χ2v) is 9.29. The van der Waals surface area contributed by atoms with Gasteiger partial charge in [0.25, 0.3) is 5.56 Å². The Hall–Kier alpha value is -5.63. The van der Waals surface area contributed by atoms with E-state index in [1.165, 1.54) is 10.6 Å². The lowest BCUT2D eigenvalue weighted by atomic mass is 10.00. The molecule has 0 unspecified atom stereocenters. The van der Waals surface area contributed by atoms with Crippen LogP contribution in [0.4, 0.5) is 0 Å². The summed E-state index contributed by atoms with van der Waals surface area (Å²) in [5.74, 6) is -0.574. The van der Waals surface area contributed by atoms with Gasteiger partial charge in [0.05, 0.1) is 27.9 Å². The fraction of sp³-hybridized carbons (Fsp3) is 0.0312. The third-order valence-corrected chi connectivity index (χ3v) is 6.67. The monoisotopic (exact) mass is 526 g/mol. The molecule has 0 radical (unpaired) electrons. The number of allylic oxidation sites excluding steroid dienone is 1. The maximum absolute atomic E-state index is 13.6. The van der Waals surface area contributed by atoms with Crippen LogP contribution in [0.3, 0.4) is 0 Å². The minimum absolute atomic E-state index is 0.0571. The molecule has 0 aliphatic carbocycles. The summed E-state index contributed by atoms with van der Waals surface area (Å²) in [6.07, 6.45) is 1.52. The summed E-state index contributed by atoms with van der Waals surface area (Å²) in [5.41, 5.74) is 4.95. The van der Waals surface area contributed by atoms with Crippen molar-refractivity contribution in [3.8, 4) is 16.8 Å². The minimum Gasteiger partial charge on any atom is -0.507 e. The van der Waals surface area contributed by atoms with Gasteiger partial charge in [-0.15, -0.1) is 5.10 Å². The van der Waals surface area contributed by atoms with E-state index >= 15 is 0 Å². The summed E-state index contributed by atoms with van der Waals surface area (Å²) in [6, 6.07) is 28.4. The Bertz CT molecular complexity index is 1950. The lowest BCUT2D eigenvalue weighted by molar-refractivity contribution is 0.0697. The summed E-state index contributed by atoms with van der Waals surface area (Å²) < 4.78 is 1.54. The highest BCUT2D eigenvalue weighted by Gasteiger charge is 2.29. The zero-order valence-electron chi connectivity index (χ0n) is 21.3. The molecule has 0 atom stereocenters. The standard InChI is InChI=1S/C32H22N4O4/c1-19(17-28(37)21-7-3-2-4-8-21)34-35-29-25-18-23(20-11-13-22(14-12-20)32(39)40)15-16-27(25)36-30(29)33-26-10-6-5-9-24(26)31(36)38/h2-18,37H,1H3,(H,39,40)/b28-17-,34-19+,35-29-. The molecule has 8 nitrogen and oxygen atoms in total. The van der Waals surface area contributed by atoms with E-state index in [2.05, 4.69) is 10.2 Å². The van der Waals surface area contributed by atoms with E-state index in [0.717, 1.165) is 11.1 Å². The van der Waals surface area contributed by atoms with Gasteiger partial charge in [-0.1, -0.05) is 60.7 Å². The maximum atomic E-state index is 13.6. The molecular weight excluding hydrogens is 504 g/mol. The number of hydrogen-bond donors (Lipinski definition) is 2. The van der Waals surface area contributed by atoms with Crippen molar-refractivity contribution >= 4 is 34.1 Å². The average molecular weight is 527 g/mol. The van der Waals surface area contributed by atoms with Crippen molar-refractivity contribution in [2.45, 2.75) is 6.92 Å². The number of aromatic carboxylic acids is 1. The molecule has 2 N–H and O–H groups in total. The van der Waals surface area contributed by atoms with E-state index in [9.17, 15) is 19.8 Å². The fourth-order valence-electron chi connectivity index (χ4n) is 4.69. The summed E-state index contributed by atoms with van der Waals surface area (Å²) in [7, 11) is 0. The molecule has 2 heterocycles. The van der Waals surface area contributed by atoms with Crippen molar-refractivity contribution in [2.75, 3.05) is 0 Å². The van der Waals surface area contributed by atoms with Crippen LogP contribution >= 0.6 is 0 Å². The normalized spacial score (nSPS) is 13.9. The zero-order valence-corrected chi connectivity index (χ0v) is 21.3. The van der Waals surface area contributed by atoms with Crippen LogP contribution in [0.1, 0.15) is 34.2 Å². The van der Waals surface area contributed by atoms with Gasteiger partial charge in [0, 0.05) is 17.2 Å². The molecule has 1 aliphatic rings. The Morgan fingerprint density at radius 2 is 1.55 bits per heavy atom. The molecule has 0 bridgehead atoms. The molecule has 194 valence electrons. The van der Waals surface area contributed by atoms with Crippen LogP contribution in [0.25, 0.3) is 33.5 Å². The van der Waals surface area contributed by atoms with Gasteiger partial charge in [0.15, 0.2) is 5.82 Å². The van der Waals surface area contributed by atoms with E-state index in [0.29, 0.717) is 45.0 Å². The molecule has 0 fully saturated rings. The lowest BCUT2D eigenvalue weighted by Crippen LogP contribution is -2.21. The topological polar surface area (TPSA) is 117 Å². The number of aliphatic hydroxyl groups is 1. The van der Waals surface area contributed by atoms with Crippen LogP contribution in [-0.2, 0) is 0 Å². The van der Waals surface area contributed by atoms with E-state index in [4.69, 9.17) is 4.98 Å². The number of fused-ring (bicyclic) bond motifs is 4. The first-order valence-electron chi connectivity index (χ1n) is 12.5. The molecule has 1 aliphatic heterocycles. The Morgan fingerprint density at radius 1 is 0.850 bits per heavy atom. The highest BCUT2D eigenvalue weighted by atomic mass is 16.4. The highest BCUT2D eigenvalue weighted by molar-refractivity contribution is 6.17. The first kappa shape index (κ1) is 24.7. The molecule has 0 saturated heterocycles. The number of para-hydroxylation sites is 1. The van der Waals surface area contributed by atoms with Gasteiger partial charge in [0.2, 0.25) is 0 Å². The summed E-state index contributed by atoms with van der Waals surface area (Å²) >= 11 is 0. The average Bonchev–Trinajstić information content (AvgIpc) is 3.29. The first-order valence-corrected chi connectivity index (χ1v) is 12.5. The van der Waals surface area contributed by atoms with Crippen molar-refractivity contribution < 1.29 is 15.0 Å². The lowest BCUT2D eigenvalue weighted by Gasteiger charge is -2.07. The van der Waals surface area contributed by atoms with E-state index in [1.807, 2.05) is 42.5 Å². The molecule has 8 heteroatoms. The maximum Gasteiger partial charge on any atom is 0.335 e.